The third kappa shape index (κ3) is 2.55. The Bertz CT molecular complexity index is 132. The quantitative estimate of drug-likeness (QED) is 0.247. The SMILES string of the molecule is O=C(OCC1CO1)C(O)S. The molecule has 0 radical (unpaired) electrons. The number of carbonyl (C=O) groups is 1. The Kier molecular flexibility index (Phi) is 2.53. The molecule has 0 aromatic carbocycles. The summed E-state index contributed by atoms with van der Waals surface area (Å²) >= 11 is 3.46. The third-order valence-corrected chi connectivity index (χ3v) is 1.24. The molecule has 10 heavy (non-hydrogen) atoms. The van der Waals surface area contributed by atoms with Crippen molar-refractivity contribution < 1.29 is 19.4 Å². The van der Waals surface area contributed by atoms with E-state index in [0.29, 0.717) is 6.61 Å². The van der Waals surface area contributed by atoms with Crippen molar-refractivity contribution in [2.45, 2.75) is 11.5 Å². The normalized spacial score (nSPS) is 25.6. The number of esters is 1. The molecule has 4 nitrogen and oxygen atoms in total. The molecule has 0 aromatic rings. The van der Waals surface area contributed by atoms with Gasteiger partial charge in [-0.1, -0.05) is 0 Å². The van der Waals surface area contributed by atoms with Crippen LogP contribution >= 0.6 is 12.6 Å². The van der Waals surface area contributed by atoms with Crippen molar-refractivity contribution >= 4 is 18.6 Å². The average Bonchev–Trinajstić information content (AvgIpc) is 2.64. The molecule has 5 heteroatoms. The molecule has 1 heterocycles. The molecule has 1 aliphatic heterocycles. The van der Waals surface area contributed by atoms with Crippen LogP contribution in [0.1, 0.15) is 0 Å². The first kappa shape index (κ1) is 7.84. The van der Waals surface area contributed by atoms with Crippen LogP contribution in [0.15, 0.2) is 0 Å². The Hall–Kier alpha value is -0.260. The minimum atomic E-state index is -1.33. The van der Waals surface area contributed by atoms with E-state index in [1.807, 2.05) is 0 Å². The van der Waals surface area contributed by atoms with Gasteiger partial charge < -0.3 is 14.6 Å². The maximum Gasteiger partial charge on any atom is 0.345 e. The third-order valence-electron chi connectivity index (χ3n) is 1.02. The number of thiol groups is 1. The molecule has 0 amide bonds. The van der Waals surface area contributed by atoms with Gasteiger partial charge in [0.15, 0.2) is 5.44 Å². The standard InChI is InChI=1S/C5H8O4S/c6-4(5(7)10)9-2-3-1-8-3/h3,5,7,10H,1-2H2. The number of carbonyl (C=O) groups excluding carboxylic acids is 1. The van der Waals surface area contributed by atoms with Crippen molar-refractivity contribution in [2.75, 3.05) is 13.2 Å². The van der Waals surface area contributed by atoms with Crippen molar-refractivity contribution in [3.8, 4) is 0 Å². The maximum absolute atomic E-state index is 10.5. The molecule has 1 saturated heterocycles. The minimum Gasteiger partial charge on any atom is -0.460 e. The fourth-order valence-electron chi connectivity index (χ4n) is 0.414. The Morgan fingerprint density at radius 2 is 2.60 bits per heavy atom. The second-order valence-electron chi connectivity index (χ2n) is 1.96. The van der Waals surface area contributed by atoms with Crippen LogP contribution in [-0.4, -0.2) is 35.8 Å². The molecule has 2 unspecified atom stereocenters. The number of hydrogen-bond acceptors (Lipinski definition) is 5. The molecule has 58 valence electrons. The summed E-state index contributed by atoms with van der Waals surface area (Å²) in [5.74, 6) is -0.723. The first-order valence-electron chi connectivity index (χ1n) is 2.84. The monoisotopic (exact) mass is 164 g/mol. The van der Waals surface area contributed by atoms with Crippen molar-refractivity contribution in [1.29, 1.82) is 0 Å². The fraction of sp³-hybridized carbons (Fsp3) is 0.800. The molecule has 1 aliphatic rings. The van der Waals surface area contributed by atoms with Crippen LogP contribution in [0.4, 0.5) is 0 Å². The zero-order valence-electron chi connectivity index (χ0n) is 5.19. The van der Waals surface area contributed by atoms with Crippen LogP contribution in [0.25, 0.3) is 0 Å². The molecule has 2 atom stereocenters. The Morgan fingerprint density at radius 1 is 2.00 bits per heavy atom. The van der Waals surface area contributed by atoms with Gasteiger partial charge in [-0.25, -0.2) is 4.79 Å². The van der Waals surface area contributed by atoms with Crippen molar-refractivity contribution in [1.82, 2.24) is 0 Å². The van der Waals surface area contributed by atoms with E-state index in [-0.39, 0.29) is 12.7 Å². The Morgan fingerprint density at radius 3 is 3.00 bits per heavy atom. The molecule has 0 bridgehead atoms. The predicted molar refractivity (Wildman–Crippen MR) is 35.7 cm³/mol. The minimum absolute atomic E-state index is 0.0380. The van der Waals surface area contributed by atoms with Gasteiger partial charge in [0.1, 0.15) is 12.7 Å². The van der Waals surface area contributed by atoms with Gasteiger partial charge >= 0.3 is 5.97 Å². The number of rotatable bonds is 3. The highest BCUT2D eigenvalue weighted by Crippen LogP contribution is 2.09. The summed E-state index contributed by atoms with van der Waals surface area (Å²) in [7, 11) is 0. The first-order valence-corrected chi connectivity index (χ1v) is 3.36. The van der Waals surface area contributed by atoms with E-state index < -0.39 is 11.4 Å². The van der Waals surface area contributed by atoms with Crippen LogP contribution in [0.2, 0.25) is 0 Å². The molecular weight excluding hydrogens is 156 g/mol. The van der Waals surface area contributed by atoms with Gasteiger partial charge in [-0.05, 0) is 0 Å². The highest BCUT2D eigenvalue weighted by molar-refractivity contribution is 7.81. The van der Waals surface area contributed by atoms with Crippen LogP contribution < -0.4 is 0 Å². The van der Waals surface area contributed by atoms with E-state index in [1.165, 1.54) is 0 Å². The first-order chi connectivity index (χ1) is 4.70. The molecule has 0 aliphatic carbocycles. The van der Waals surface area contributed by atoms with E-state index >= 15 is 0 Å². The molecular formula is C5H8O4S. The molecule has 0 saturated carbocycles. The van der Waals surface area contributed by atoms with Crippen molar-refractivity contribution in [3.05, 3.63) is 0 Å². The summed E-state index contributed by atoms with van der Waals surface area (Å²) in [5.41, 5.74) is -1.33. The van der Waals surface area contributed by atoms with E-state index in [0.717, 1.165) is 0 Å². The van der Waals surface area contributed by atoms with Gasteiger partial charge in [0.25, 0.3) is 0 Å². The van der Waals surface area contributed by atoms with E-state index in [1.54, 1.807) is 0 Å². The molecule has 1 N–H and O–H groups in total. The summed E-state index contributed by atoms with van der Waals surface area (Å²) in [4.78, 5) is 10.5. The smallest absolute Gasteiger partial charge is 0.345 e. The maximum atomic E-state index is 10.5. The Balaban J connectivity index is 2.05. The lowest BCUT2D eigenvalue weighted by molar-refractivity contribution is -0.149. The molecule has 0 aromatic heterocycles. The fourth-order valence-corrected chi connectivity index (χ4v) is 0.488. The number of hydrogen-bond donors (Lipinski definition) is 2. The van der Waals surface area contributed by atoms with E-state index in [9.17, 15) is 4.79 Å². The van der Waals surface area contributed by atoms with Crippen LogP contribution in [0.3, 0.4) is 0 Å². The topological polar surface area (TPSA) is 59.1 Å². The van der Waals surface area contributed by atoms with E-state index in [4.69, 9.17) is 9.84 Å². The average molecular weight is 164 g/mol. The second-order valence-corrected chi connectivity index (χ2v) is 2.45. The number of epoxide rings is 1. The zero-order chi connectivity index (χ0) is 7.56. The van der Waals surface area contributed by atoms with Gasteiger partial charge in [0, 0.05) is 0 Å². The summed E-state index contributed by atoms with van der Waals surface area (Å²) < 4.78 is 9.29. The molecule has 1 fully saturated rings. The van der Waals surface area contributed by atoms with Crippen molar-refractivity contribution in [3.63, 3.8) is 0 Å². The van der Waals surface area contributed by atoms with Crippen LogP contribution in [0, 0.1) is 0 Å². The van der Waals surface area contributed by atoms with Crippen molar-refractivity contribution in [2.24, 2.45) is 0 Å². The largest absolute Gasteiger partial charge is 0.460 e. The van der Waals surface area contributed by atoms with Crippen LogP contribution in [-0.2, 0) is 14.3 Å². The lowest BCUT2D eigenvalue weighted by Crippen LogP contribution is -2.19. The van der Waals surface area contributed by atoms with Gasteiger partial charge in [-0.2, -0.15) is 0 Å². The van der Waals surface area contributed by atoms with Gasteiger partial charge in [-0.15, -0.1) is 12.6 Å². The molecule has 1 rings (SSSR count). The summed E-state index contributed by atoms with van der Waals surface area (Å²) in [6.07, 6.45) is 0.0380. The lowest BCUT2D eigenvalue weighted by atomic mass is 10.5. The summed E-state index contributed by atoms with van der Waals surface area (Å²) in [5, 5.41) is 8.50. The highest BCUT2D eigenvalue weighted by Gasteiger charge is 2.25. The lowest BCUT2D eigenvalue weighted by Gasteiger charge is -2.02. The highest BCUT2D eigenvalue weighted by atomic mass is 32.1. The number of aliphatic hydroxyl groups excluding tert-OH is 1. The van der Waals surface area contributed by atoms with Gasteiger partial charge in [-0.3, -0.25) is 0 Å². The second kappa shape index (κ2) is 3.23. The summed E-state index contributed by atoms with van der Waals surface area (Å²) in [6.45, 7) is 0.854. The number of aliphatic hydroxyl groups is 1. The van der Waals surface area contributed by atoms with Crippen LogP contribution in [0.5, 0.6) is 0 Å². The summed E-state index contributed by atoms with van der Waals surface area (Å²) in [6, 6.07) is 0. The number of ether oxygens (including phenoxy) is 2. The molecule has 0 spiro atoms. The zero-order valence-corrected chi connectivity index (χ0v) is 6.08. The van der Waals surface area contributed by atoms with Gasteiger partial charge in [0.05, 0.1) is 6.61 Å². The predicted octanol–water partition coefficient (Wildman–Crippen LogP) is -0.823. The van der Waals surface area contributed by atoms with Gasteiger partial charge in [0.2, 0.25) is 0 Å². The van der Waals surface area contributed by atoms with E-state index in [2.05, 4.69) is 17.4 Å². The Labute approximate surface area is 63.5 Å².